The molecule has 0 radical (unpaired) electrons. The summed E-state index contributed by atoms with van der Waals surface area (Å²) in [7, 11) is -2.52. The zero-order valence-corrected chi connectivity index (χ0v) is 12.8. The molecule has 0 saturated carbocycles. The Labute approximate surface area is 124 Å². The van der Waals surface area contributed by atoms with Crippen LogP contribution in [0.25, 0.3) is 0 Å². The first-order valence-electron chi connectivity index (χ1n) is 5.56. The number of alkyl halides is 10. The number of hydrogen-bond donors (Lipinski definition) is 0. The SMILES string of the molecule is CO[Si](OC)(OC)C(F)CC(F)(F)C(F)(F)C(F)(F)C(F)(F)F. The number of halogens is 10. The quantitative estimate of drug-likeness (QED) is 0.471. The summed E-state index contributed by atoms with van der Waals surface area (Å²) in [5.41, 5.74) is 0. The normalized spacial score (nSPS) is 16.6. The molecule has 23 heavy (non-hydrogen) atoms. The molecule has 0 aliphatic carbocycles. The first-order chi connectivity index (χ1) is 10.1. The van der Waals surface area contributed by atoms with Gasteiger partial charge in [-0.2, -0.15) is 39.5 Å². The summed E-state index contributed by atoms with van der Waals surface area (Å²) in [5.74, 6) is -23.2. The lowest BCUT2D eigenvalue weighted by atomic mass is 10.0. The van der Waals surface area contributed by atoms with Crippen molar-refractivity contribution in [2.75, 3.05) is 21.3 Å². The molecule has 0 spiro atoms. The molecule has 0 aromatic rings. The lowest BCUT2D eigenvalue weighted by Gasteiger charge is -2.36. The van der Waals surface area contributed by atoms with Crippen LogP contribution < -0.4 is 0 Å². The van der Waals surface area contributed by atoms with E-state index in [9.17, 15) is 43.9 Å². The van der Waals surface area contributed by atoms with Crippen molar-refractivity contribution < 1.29 is 57.2 Å². The van der Waals surface area contributed by atoms with Crippen LogP contribution in [0, 0.1) is 0 Å². The molecule has 0 aliphatic heterocycles. The first-order valence-corrected chi connectivity index (χ1v) is 7.36. The average Bonchev–Trinajstić information content (AvgIpc) is 2.39. The van der Waals surface area contributed by atoms with E-state index >= 15 is 0 Å². The second-order valence-corrected chi connectivity index (χ2v) is 7.30. The van der Waals surface area contributed by atoms with E-state index in [0.29, 0.717) is 21.3 Å². The fraction of sp³-hybridized carbons (Fsp3) is 1.00. The second-order valence-electron chi connectivity index (χ2n) is 4.24. The minimum Gasteiger partial charge on any atom is -0.375 e. The van der Waals surface area contributed by atoms with Crippen LogP contribution in [-0.4, -0.2) is 59.9 Å². The van der Waals surface area contributed by atoms with Crippen LogP contribution >= 0.6 is 0 Å². The van der Waals surface area contributed by atoms with Crippen molar-refractivity contribution in [3.05, 3.63) is 0 Å². The Morgan fingerprint density at radius 2 is 1.09 bits per heavy atom. The number of hydrogen-bond acceptors (Lipinski definition) is 3. The first kappa shape index (κ1) is 22.4. The van der Waals surface area contributed by atoms with E-state index in [4.69, 9.17) is 0 Å². The molecule has 0 aromatic carbocycles. The van der Waals surface area contributed by atoms with Crippen LogP contribution in [0.1, 0.15) is 6.42 Å². The highest BCUT2D eigenvalue weighted by atomic mass is 28.4. The monoisotopic (exact) mass is 386 g/mol. The topological polar surface area (TPSA) is 27.7 Å². The molecule has 0 aromatic heterocycles. The summed E-state index contributed by atoms with van der Waals surface area (Å²) in [6, 6.07) is 0. The van der Waals surface area contributed by atoms with Gasteiger partial charge in [-0.1, -0.05) is 0 Å². The Bertz CT molecular complexity index is 387. The Balaban J connectivity index is 5.65. The van der Waals surface area contributed by atoms with Gasteiger partial charge in [0, 0.05) is 21.3 Å². The molecule has 0 saturated heterocycles. The Kier molecular flexibility index (Phi) is 6.54. The molecule has 1 unspecified atom stereocenters. The van der Waals surface area contributed by atoms with E-state index in [1.165, 1.54) is 0 Å². The van der Waals surface area contributed by atoms with Gasteiger partial charge < -0.3 is 13.3 Å². The molecule has 0 amide bonds. The predicted octanol–water partition coefficient (Wildman–Crippen LogP) is 3.60. The van der Waals surface area contributed by atoms with Gasteiger partial charge in [0.2, 0.25) is 0 Å². The van der Waals surface area contributed by atoms with Crippen molar-refractivity contribution in [1.29, 1.82) is 0 Å². The van der Waals surface area contributed by atoms with E-state index in [1.807, 2.05) is 0 Å². The number of rotatable bonds is 8. The van der Waals surface area contributed by atoms with Crippen molar-refractivity contribution in [1.82, 2.24) is 0 Å². The van der Waals surface area contributed by atoms with Crippen LogP contribution in [0.2, 0.25) is 0 Å². The summed E-state index contributed by atoms with van der Waals surface area (Å²) >= 11 is 0. The molecule has 0 fully saturated rings. The lowest BCUT2D eigenvalue weighted by Crippen LogP contribution is -2.63. The van der Waals surface area contributed by atoms with Gasteiger partial charge in [0.05, 0.1) is 6.42 Å². The smallest absolute Gasteiger partial charge is 0.375 e. The predicted molar refractivity (Wildman–Crippen MR) is 57.2 cm³/mol. The molecule has 0 heterocycles. The van der Waals surface area contributed by atoms with Gasteiger partial charge in [-0.25, -0.2) is 4.39 Å². The van der Waals surface area contributed by atoms with Crippen molar-refractivity contribution in [2.45, 2.75) is 36.2 Å². The zero-order valence-electron chi connectivity index (χ0n) is 11.8. The summed E-state index contributed by atoms with van der Waals surface area (Å²) in [5, 5.41) is 0. The fourth-order valence-electron chi connectivity index (χ4n) is 1.52. The van der Waals surface area contributed by atoms with Gasteiger partial charge in [0.1, 0.15) is 0 Å². The average molecular weight is 386 g/mol. The van der Waals surface area contributed by atoms with E-state index in [2.05, 4.69) is 13.3 Å². The summed E-state index contributed by atoms with van der Waals surface area (Å²) in [4.78, 5) is 0. The van der Waals surface area contributed by atoms with E-state index < -0.39 is 45.0 Å². The van der Waals surface area contributed by atoms with Crippen LogP contribution in [0.15, 0.2) is 0 Å². The van der Waals surface area contributed by atoms with Gasteiger partial charge in [-0.3, -0.25) is 0 Å². The standard InChI is InChI=1S/C9H12F10O3Si/c1-20-23(21-2,22-3)5(10)4-6(11,12)7(13,14)8(15,16)9(17,18)19/h5H,4H2,1-3H3. The van der Waals surface area contributed by atoms with E-state index in [-0.39, 0.29) is 0 Å². The van der Waals surface area contributed by atoms with Gasteiger partial charge in [0.15, 0.2) is 5.79 Å². The van der Waals surface area contributed by atoms with E-state index in [1.54, 1.807) is 0 Å². The Hall–Kier alpha value is -0.603. The highest BCUT2D eigenvalue weighted by Crippen LogP contribution is 2.54. The third kappa shape index (κ3) is 3.74. The summed E-state index contributed by atoms with van der Waals surface area (Å²) in [6.45, 7) is 0. The van der Waals surface area contributed by atoms with Gasteiger partial charge in [-0.05, 0) is 0 Å². The molecular formula is C9H12F10O3Si. The third-order valence-electron chi connectivity index (χ3n) is 2.88. The van der Waals surface area contributed by atoms with Crippen LogP contribution in [0.4, 0.5) is 43.9 Å². The minimum absolute atomic E-state index is 0.701. The van der Waals surface area contributed by atoms with Crippen LogP contribution in [-0.2, 0) is 13.3 Å². The molecule has 0 rings (SSSR count). The fourth-order valence-corrected chi connectivity index (χ4v) is 3.29. The molecular weight excluding hydrogens is 374 g/mol. The van der Waals surface area contributed by atoms with Crippen molar-refractivity contribution in [3.8, 4) is 0 Å². The minimum atomic E-state index is -7.08. The third-order valence-corrected chi connectivity index (χ3v) is 5.56. The van der Waals surface area contributed by atoms with Crippen LogP contribution in [0.5, 0.6) is 0 Å². The molecule has 0 aliphatic rings. The maximum absolute atomic E-state index is 13.8. The van der Waals surface area contributed by atoms with Crippen LogP contribution in [0.3, 0.4) is 0 Å². The molecule has 140 valence electrons. The molecule has 1 atom stereocenters. The van der Waals surface area contributed by atoms with Crippen molar-refractivity contribution in [2.24, 2.45) is 0 Å². The molecule has 3 nitrogen and oxygen atoms in total. The zero-order chi connectivity index (χ0) is 18.9. The molecule has 14 heteroatoms. The summed E-state index contributed by atoms with van der Waals surface area (Å²) < 4.78 is 140. The highest BCUT2D eigenvalue weighted by molar-refractivity contribution is 6.62. The molecule has 0 N–H and O–H groups in total. The Morgan fingerprint density at radius 1 is 0.739 bits per heavy atom. The Morgan fingerprint density at radius 3 is 1.35 bits per heavy atom. The van der Waals surface area contributed by atoms with Gasteiger partial charge in [0.25, 0.3) is 0 Å². The largest absolute Gasteiger partial charge is 0.536 e. The van der Waals surface area contributed by atoms with Gasteiger partial charge >= 0.3 is 32.7 Å². The van der Waals surface area contributed by atoms with Gasteiger partial charge in [-0.15, -0.1) is 0 Å². The highest BCUT2D eigenvalue weighted by Gasteiger charge is 2.82. The van der Waals surface area contributed by atoms with Crippen molar-refractivity contribution in [3.63, 3.8) is 0 Å². The second kappa shape index (κ2) is 6.72. The van der Waals surface area contributed by atoms with Crippen molar-refractivity contribution >= 4 is 8.80 Å². The molecule has 0 bridgehead atoms. The maximum atomic E-state index is 13.8. The summed E-state index contributed by atoms with van der Waals surface area (Å²) in [6.07, 6.45) is -9.70. The lowest BCUT2D eigenvalue weighted by molar-refractivity contribution is -0.397. The van der Waals surface area contributed by atoms with E-state index in [0.717, 1.165) is 0 Å². The maximum Gasteiger partial charge on any atom is 0.536 e.